The first-order valence-electron chi connectivity index (χ1n) is 3.02. The summed E-state index contributed by atoms with van der Waals surface area (Å²) in [6, 6.07) is 1.87. The van der Waals surface area contributed by atoms with Crippen molar-refractivity contribution in [1.82, 2.24) is 14.5 Å². The third-order valence-electron chi connectivity index (χ3n) is 1.39. The van der Waals surface area contributed by atoms with Gasteiger partial charge in [-0.1, -0.05) is 0 Å². The summed E-state index contributed by atoms with van der Waals surface area (Å²) in [5.41, 5.74) is 0. The van der Waals surface area contributed by atoms with Crippen LogP contribution in [0.15, 0.2) is 24.8 Å². The Morgan fingerprint density at radius 1 is 1.50 bits per heavy atom. The normalized spacial score (nSPS) is 10.5. The van der Waals surface area contributed by atoms with Gasteiger partial charge in [0.15, 0.2) is 0 Å². The lowest BCUT2D eigenvalue weighted by Gasteiger charge is -1.85. The second-order valence-corrected chi connectivity index (χ2v) is 2.08. The Bertz CT molecular complexity index is 351. The highest BCUT2D eigenvalue weighted by Gasteiger charge is 2.03. The van der Waals surface area contributed by atoms with E-state index in [0.717, 1.165) is 5.78 Å². The fraction of sp³-hybridized carbons (Fsp3) is 0.167. The van der Waals surface area contributed by atoms with Crippen LogP contribution in [0.5, 0.6) is 0 Å². The van der Waals surface area contributed by atoms with E-state index >= 15 is 0 Å². The molecule has 0 aliphatic heterocycles. The van der Waals surface area contributed by atoms with Crippen molar-refractivity contribution < 1.29 is 4.68 Å². The molecular weight excluding hydrogens is 128 g/mol. The molecule has 0 atom stereocenters. The zero-order chi connectivity index (χ0) is 6.97. The molecule has 0 aromatic carbocycles. The lowest BCUT2D eigenvalue weighted by molar-refractivity contribution is -0.739. The van der Waals surface area contributed by atoms with Crippen molar-refractivity contribution in [3.05, 3.63) is 24.8 Å². The molecule has 0 N–H and O–H groups in total. The van der Waals surface area contributed by atoms with Gasteiger partial charge in [-0.3, -0.25) is 0 Å². The maximum atomic E-state index is 4.03. The maximum Gasteiger partial charge on any atom is 0.380 e. The Morgan fingerprint density at radius 3 is 3.20 bits per heavy atom. The molecule has 0 bridgehead atoms. The lowest BCUT2D eigenvalue weighted by atomic mass is 10.7. The summed E-state index contributed by atoms with van der Waals surface area (Å²) >= 11 is 0. The van der Waals surface area contributed by atoms with E-state index in [1.807, 2.05) is 28.5 Å². The highest BCUT2D eigenvalue weighted by molar-refractivity contribution is 5.20. The molecule has 4 heteroatoms. The number of nitrogens with zero attached hydrogens (tertiary/aromatic N) is 4. The molecule has 0 radical (unpaired) electrons. The molecule has 0 unspecified atom stereocenters. The van der Waals surface area contributed by atoms with Crippen LogP contribution in [0.2, 0.25) is 0 Å². The quantitative estimate of drug-likeness (QED) is 0.459. The summed E-state index contributed by atoms with van der Waals surface area (Å²) in [4.78, 5) is 8.07. The summed E-state index contributed by atoms with van der Waals surface area (Å²) < 4.78 is 3.72. The zero-order valence-corrected chi connectivity index (χ0v) is 5.60. The van der Waals surface area contributed by atoms with Crippen LogP contribution in [-0.2, 0) is 7.05 Å². The van der Waals surface area contributed by atoms with Crippen LogP contribution in [-0.4, -0.2) is 14.5 Å². The largest absolute Gasteiger partial charge is 0.380 e. The van der Waals surface area contributed by atoms with Crippen molar-refractivity contribution in [3.8, 4) is 0 Å². The lowest BCUT2D eigenvalue weighted by Crippen LogP contribution is -2.33. The molecule has 2 aromatic rings. The predicted molar refractivity (Wildman–Crippen MR) is 34.2 cm³/mol. The SMILES string of the molecule is C[n+]1cnc2ncccn21. The smallest absolute Gasteiger partial charge is 0.195 e. The molecule has 0 saturated carbocycles. The van der Waals surface area contributed by atoms with Crippen LogP contribution in [0, 0.1) is 0 Å². The van der Waals surface area contributed by atoms with E-state index in [9.17, 15) is 0 Å². The van der Waals surface area contributed by atoms with Gasteiger partial charge in [-0.25, -0.2) is 0 Å². The van der Waals surface area contributed by atoms with E-state index in [1.165, 1.54) is 0 Å². The van der Waals surface area contributed by atoms with Gasteiger partial charge in [-0.15, -0.1) is 4.52 Å². The first kappa shape index (κ1) is 5.34. The summed E-state index contributed by atoms with van der Waals surface area (Å²) in [5, 5.41) is 0. The Morgan fingerprint density at radius 2 is 2.40 bits per heavy atom. The van der Waals surface area contributed by atoms with E-state index in [2.05, 4.69) is 9.97 Å². The van der Waals surface area contributed by atoms with Crippen molar-refractivity contribution in [2.45, 2.75) is 0 Å². The first-order valence-corrected chi connectivity index (χ1v) is 3.02. The van der Waals surface area contributed by atoms with Crippen LogP contribution in [0.4, 0.5) is 0 Å². The first-order chi connectivity index (χ1) is 4.88. The monoisotopic (exact) mass is 135 g/mol. The van der Waals surface area contributed by atoms with Crippen LogP contribution >= 0.6 is 0 Å². The highest BCUT2D eigenvalue weighted by atomic mass is 15.4. The van der Waals surface area contributed by atoms with Gasteiger partial charge in [0.1, 0.15) is 7.05 Å². The highest BCUT2D eigenvalue weighted by Crippen LogP contribution is 1.86. The van der Waals surface area contributed by atoms with Gasteiger partial charge in [-0.2, -0.15) is 9.67 Å². The summed E-state index contributed by atoms with van der Waals surface area (Å²) in [6.07, 6.45) is 5.36. The summed E-state index contributed by atoms with van der Waals surface area (Å²) in [5.74, 6) is 0.727. The van der Waals surface area contributed by atoms with Crippen LogP contribution in [0.3, 0.4) is 0 Å². The van der Waals surface area contributed by atoms with E-state index in [-0.39, 0.29) is 0 Å². The second kappa shape index (κ2) is 1.76. The molecule has 50 valence electrons. The fourth-order valence-corrected chi connectivity index (χ4v) is 0.885. The summed E-state index contributed by atoms with van der Waals surface area (Å²) in [7, 11) is 1.92. The minimum absolute atomic E-state index is 0.727. The van der Waals surface area contributed by atoms with E-state index in [4.69, 9.17) is 0 Å². The molecule has 4 nitrogen and oxygen atoms in total. The van der Waals surface area contributed by atoms with Crippen molar-refractivity contribution >= 4 is 5.78 Å². The molecule has 0 aliphatic rings. The van der Waals surface area contributed by atoms with Gasteiger partial charge >= 0.3 is 12.1 Å². The molecule has 2 aromatic heterocycles. The van der Waals surface area contributed by atoms with Crippen molar-refractivity contribution in [2.24, 2.45) is 7.05 Å². The van der Waals surface area contributed by atoms with Crippen molar-refractivity contribution in [3.63, 3.8) is 0 Å². The number of aryl methyl sites for hydroxylation is 1. The number of hydrogen-bond acceptors (Lipinski definition) is 2. The van der Waals surface area contributed by atoms with Crippen LogP contribution in [0.1, 0.15) is 0 Å². The fourth-order valence-electron chi connectivity index (χ4n) is 0.885. The predicted octanol–water partition coefficient (Wildman–Crippen LogP) is -0.446. The Balaban J connectivity index is 2.93. The number of aromatic nitrogens is 4. The second-order valence-electron chi connectivity index (χ2n) is 2.08. The third-order valence-corrected chi connectivity index (χ3v) is 1.39. The van der Waals surface area contributed by atoms with E-state index in [0.29, 0.717) is 0 Å². The maximum absolute atomic E-state index is 4.03. The van der Waals surface area contributed by atoms with Gasteiger partial charge in [0.05, 0.1) is 6.20 Å². The standard InChI is InChI=1S/C6H7N4/c1-9-5-8-6-7-3-2-4-10(6)9/h2-5H,1H3/q+1. The number of hydrogen-bond donors (Lipinski definition) is 0. The van der Waals surface area contributed by atoms with Gasteiger partial charge < -0.3 is 0 Å². The third kappa shape index (κ3) is 0.586. The average molecular weight is 135 g/mol. The molecule has 0 aliphatic carbocycles. The van der Waals surface area contributed by atoms with Crippen molar-refractivity contribution in [1.29, 1.82) is 0 Å². The van der Waals surface area contributed by atoms with Gasteiger partial charge in [-0.05, 0) is 11.1 Å². The summed E-state index contributed by atoms with van der Waals surface area (Å²) in [6.45, 7) is 0. The van der Waals surface area contributed by atoms with Gasteiger partial charge in [0.25, 0.3) is 0 Å². The molecule has 10 heavy (non-hydrogen) atoms. The Kier molecular flexibility index (Phi) is 0.943. The number of fused-ring (bicyclic) bond motifs is 1. The van der Waals surface area contributed by atoms with Crippen molar-refractivity contribution in [2.75, 3.05) is 0 Å². The van der Waals surface area contributed by atoms with E-state index in [1.54, 1.807) is 12.5 Å². The van der Waals surface area contributed by atoms with Gasteiger partial charge in [0, 0.05) is 6.20 Å². The molecule has 2 rings (SSSR count). The molecule has 0 saturated heterocycles. The topological polar surface area (TPSA) is 34.1 Å². The average Bonchev–Trinajstić information content (AvgIpc) is 2.34. The molecule has 0 spiro atoms. The molecular formula is C6H7N4+. The Hall–Kier alpha value is -1.45. The zero-order valence-electron chi connectivity index (χ0n) is 5.60. The van der Waals surface area contributed by atoms with Crippen LogP contribution < -0.4 is 4.68 Å². The molecule has 2 heterocycles. The minimum Gasteiger partial charge on any atom is -0.195 e. The minimum atomic E-state index is 0.727. The van der Waals surface area contributed by atoms with E-state index < -0.39 is 0 Å². The Labute approximate surface area is 57.8 Å². The van der Waals surface area contributed by atoms with Crippen LogP contribution in [0.25, 0.3) is 5.78 Å². The number of rotatable bonds is 0. The van der Waals surface area contributed by atoms with Gasteiger partial charge in [0.2, 0.25) is 0 Å². The molecule has 0 fully saturated rings. The molecule has 0 amide bonds.